The van der Waals surface area contributed by atoms with Gasteiger partial charge in [0.1, 0.15) is 11.7 Å². The van der Waals surface area contributed by atoms with Gasteiger partial charge < -0.3 is 19.3 Å². The summed E-state index contributed by atoms with van der Waals surface area (Å²) in [5.74, 6) is -0.302. The molecule has 1 aliphatic heterocycles. The van der Waals surface area contributed by atoms with Gasteiger partial charge in [0, 0.05) is 38.4 Å². The second-order valence-electron chi connectivity index (χ2n) is 10.2. The van der Waals surface area contributed by atoms with Gasteiger partial charge in [-0.15, -0.1) is 0 Å². The van der Waals surface area contributed by atoms with Crippen molar-refractivity contribution in [2.24, 2.45) is 13.0 Å². The number of hydrogen-bond donors (Lipinski definition) is 1. The quantitative estimate of drug-likeness (QED) is 0.365. The van der Waals surface area contributed by atoms with Crippen molar-refractivity contribution in [3.8, 4) is 23.1 Å². The van der Waals surface area contributed by atoms with Crippen molar-refractivity contribution in [3.05, 3.63) is 77.4 Å². The van der Waals surface area contributed by atoms with Gasteiger partial charge in [-0.05, 0) is 48.2 Å². The zero-order valence-electron chi connectivity index (χ0n) is 22.7. The van der Waals surface area contributed by atoms with E-state index in [-0.39, 0.29) is 34.4 Å². The predicted octanol–water partition coefficient (Wildman–Crippen LogP) is 5.03. The van der Waals surface area contributed by atoms with Crippen LogP contribution in [0.2, 0.25) is 0 Å². The summed E-state index contributed by atoms with van der Waals surface area (Å²) in [7, 11) is 3.12. The molecule has 0 spiro atoms. The van der Waals surface area contributed by atoms with Gasteiger partial charge in [-0.1, -0.05) is 18.2 Å². The predicted molar refractivity (Wildman–Crippen MR) is 145 cm³/mol. The lowest BCUT2D eigenvalue weighted by Gasteiger charge is -2.42. The maximum absolute atomic E-state index is 13.5. The van der Waals surface area contributed by atoms with Crippen LogP contribution in [0.25, 0.3) is 22.0 Å². The molecular formula is C30H28F3N5O3. The number of hydrogen-bond acceptors (Lipinski definition) is 6. The van der Waals surface area contributed by atoms with E-state index in [1.165, 1.54) is 26.2 Å². The van der Waals surface area contributed by atoms with Crippen LogP contribution < -0.4 is 4.74 Å². The lowest BCUT2D eigenvalue weighted by Crippen LogP contribution is -2.46. The standard InChI is InChI=1S/C30H28F3N5O3/c1-18(39)38-11-9-20(10-12-38)29(40,26-16-35-17-37(26)2)21-7-8-25-23(14-21)24(15-34)27(28(36-25)41-3)19-5-4-6-22(13-19)30(31,32)33/h4-8,13-14,16-17,20,40H,9-12H2,1-3H3. The zero-order valence-corrected chi connectivity index (χ0v) is 22.7. The summed E-state index contributed by atoms with van der Waals surface area (Å²) < 4.78 is 47.8. The minimum atomic E-state index is -4.58. The fraction of sp³-hybridized carbons (Fsp3) is 0.333. The molecule has 4 aromatic rings. The average Bonchev–Trinajstić information content (AvgIpc) is 3.41. The Hall–Kier alpha value is -4.43. The highest BCUT2D eigenvalue weighted by atomic mass is 19.4. The molecule has 1 N–H and O–H groups in total. The Kier molecular flexibility index (Phi) is 7.21. The summed E-state index contributed by atoms with van der Waals surface area (Å²) in [6, 6.07) is 11.9. The second-order valence-corrected chi connectivity index (χ2v) is 10.2. The Morgan fingerprint density at radius 3 is 2.46 bits per heavy atom. The van der Waals surface area contributed by atoms with E-state index >= 15 is 0 Å². The molecule has 1 saturated heterocycles. The number of piperidine rings is 1. The maximum atomic E-state index is 13.5. The molecule has 8 nitrogen and oxygen atoms in total. The highest BCUT2D eigenvalue weighted by Gasteiger charge is 2.44. The van der Waals surface area contributed by atoms with Crippen molar-refractivity contribution in [2.75, 3.05) is 20.2 Å². The van der Waals surface area contributed by atoms with E-state index in [1.807, 2.05) is 0 Å². The summed E-state index contributed by atoms with van der Waals surface area (Å²) in [4.78, 5) is 22.4. The van der Waals surface area contributed by atoms with Crippen molar-refractivity contribution in [3.63, 3.8) is 0 Å². The highest BCUT2D eigenvalue weighted by molar-refractivity contribution is 5.94. The Morgan fingerprint density at radius 2 is 1.88 bits per heavy atom. The topological polar surface area (TPSA) is 104 Å². The number of ether oxygens (including phenoxy) is 1. The number of carbonyl (C=O) groups is 1. The molecule has 0 radical (unpaired) electrons. The van der Waals surface area contributed by atoms with Crippen LogP contribution in [0.3, 0.4) is 0 Å². The van der Waals surface area contributed by atoms with Crippen LogP contribution in [0.15, 0.2) is 55.0 Å². The van der Waals surface area contributed by atoms with Gasteiger partial charge >= 0.3 is 6.18 Å². The number of methoxy groups -OCH3 is 1. The molecule has 0 aliphatic carbocycles. The van der Waals surface area contributed by atoms with Gasteiger partial charge in [-0.2, -0.15) is 18.4 Å². The fourth-order valence-electron chi connectivity index (χ4n) is 5.79. The first kappa shape index (κ1) is 28.1. The lowest BCUT2D eigenvalue weighted by molar-refractivity contribution is -0.137. The molecule has 1 unspecified atom stereocenters. The number of likely N-dealkylation sites (tertiary alicyclic amines) is 1. The van der Waals surface area contributed by atoms with E-state index in [4.69, 9.17) is 4.74 Å². The summed E-state index contributed by atoms with van der Waals surface area (Å²) >= 11 is 0. The number of halogens is 3. The first-order chi connectivity index (χ1) is 19.5. The Labute approximate surface area is 234 Å². The number of carbonyl (C=O) groups excluding carboxylic acids is 1. The molecule has 0 saturated carbocycles. The normalized spacial score (nSPS) is 15.9. The van der Waals surface area contributed by atoms with Crippen molar-refractivity contribution in [2.45, 2.75) is 31.5 Å². The summed E-state index contributed by atoms with van der Waals surface area (Å²) in [6.45, 7) is 2.48. The van der Waals surface area contributed by atoms with Crippen molar-refractivity contribution < 1.29 is 27.8 Å². The van der Waals surface area contributed by atoms with Gasteiger partial charge in [-0.3, -0.25) is 4.79 Å². The third kappa shape index (κ3) is 4.89. The molecule has 1 aliphatic rings. The van der Waals surface area contributed by atoms with Crippen LogP contribution in [-0.2, 0) is 23.6 Å². The van der Waals surface area contributed by atoms with E-state index in [9.17, 15) is 28.3 Å². The summed E-state index contributed by atoms with van der Waals surface area (Å²) in [5, 5.41) is 23.2. The third-order valence-electron chi connectivity index (χ3n) is 7.91. The van der Waals surface area contributed by atoms with Crippen LogP contribution >= 0.6 is 0 Å². The molecular weight excluding hydrogens is 535 g/mol. The number of alkyl halides is 3. The Balaban J connectivity index is 1.72. The van der Waals surface area contributed by atoms with Gasteiger partial charge in [0.15, 0.2) is 0 Å². The number of nitriles is 1. The van der Waals surface area contributed by atoms with Gasteiger partial charge in [0.25, 0.3) is 0 Å². The van der Waals surface area contributed by atoms with Crippen LogP contribution in [0.4, 0.5) is 13.2 Å². The monoisotopic (exact) mass is 563 g/mol. The molecule has 1 fully saturated rings. The van der Waals surface area contributed by atoms with Crippen LogP contribution in [0.5, 0.6) is 5.88 Å². The number of aliphatic hydroxyl groups is 1. The number of amides is 1. The molecule has 5 rings (SSSR count). The van der Waals surface area contributed by atoms with E-state index in [0.29, 0.717) is 48.1 Å². The number of imidazole rings is 1. The number of nitrogens with zero attached hydrogens (tertiary/aromatic N) is 5. The SMILES string of the molecule is COc1nc2ccc(C(O)(c3cncn3C)C3CCN(C(C)=O)CC3)cc2c(C#N)c1-c1cccc(C(F)(F)F)c1. The van der Waals surface area contributed by atoms with E-state index in [2.05, 4.69) is 16.0 Å². The molecule has 41 heavy (non-hydrogen) atoms. The molecule has 11 heteroatoms. The van der Waals surface area contributed by atoms with E-state index < -0.39 is 17.3 Å². The largest absolute Gasteiger partial charge is 0.480 e. The fourth-order valence-corrected chi connectivity index (χ4v) is 5.79. The molecule has 0 bridgehead atoms. The molecule has 212 valence electrons. The minimum Gasteiger partial charge on any atom is -0.480 e. The van der Waals surface area contributed by atoms with Crippen molar-refractivity contribution >= 4 is 16.8 Å². The van der Waals surface area contributed by atoms with E-state index in [1.54, 1.807) is 47.2 Å². The highest BCUT2D eigenvalue weighted by Crippen LogP contribution is 2.44. The summed E-state index contributed by atoms with van der Waals surface area (Å²) in [6.07, 6.45) is -0.343. The number of rotatable bonds is 5. The van der Waals surface area contributed by atoms with Gasteiger partial charge in [0.2, 0.25) is 11.8 Å². The minimum absolute atomic E-state index is 0.0135. The van der Waals surface area contributed by atoms with Crippen LogP contribution in [-0.4, -0.2) is 50.6 Å². The smallest absolute Gasteiger partial charge is 0.416 e. The number of fused-ring (bicyclic) bond motifs is 1. The number of pyridine rings is 1. The molecule has 2 aromatic carbocycles. The second kappa shape index (κ2) is 10.5. The van der Waals surface area contributed by atoms with Crippen LogP contribution in [0, 0.1) is 17.2 Å². The molecule has 1 atom stereocenters. The maximum Gasteiger partial charge on any atom is 0.416 e. The van der Waals surface area contributed by atoms with E-state index in [0.717, 1.165) is 12.1 Å². The van der Waals surface area contributed by atoms with Crippen molar-refractivity contribution in [1.29, 1.82) is 5.26 Å². The summed E-state index contributed by atoms with van der Waals surface area (Å²) in [5.41, 5.74) is -0.660. The number of aromatic nitrogens is 3. The van der Waals surface area contributed by atoms with Crippen molar-refractivity contribution in [1.82, 2.24) is 19.4 Å². The van der Waals surface area contributed by atoms with Gasteiger partial charge in [-0.25, -0.2) is 9.97 Å². The molecule has 2 aromatic heterocycles. The zero-order chi connectivity index (χ0) is 29.5. The Bertz CT molecular complexity index is 1670. The van der Waals surface area contributed by atoms with Crippen LogP contribution in [0.1, 0.15) is 42.1 Å². The first-order valence-corrected chi connectivity index (χ1v) is 13.0. The first-order valence-electron chi connectivity index (χ1n) is 13.0. The number of aryl methyl sites for hydroxylation is 1. The lowest BCUT2D eigenvalue weighted by atomic mass is 9.73. The third-order valence-corrected chi connectivity index (χ3v) is 7.91. The number of benzene rings is 2. The molecule has 1 amide bonds. The van der Waals surface area contributed by atoms with Gasteiger partial charge in [0.05, 0.1) is 47.5 Å². The molecule has 3 heterocycles. The Morgan fingerprint density at radius 1 is 1.15 bits per heavy atom. The average molecular weight is 564 g/mol.